The SMILES string of the molecule is O=C1CN(c2nc3sccn3c2[N+](=O)[O-])CCN1CC1CCCC1. The van der Waals surface area contributed by atoms with E-state index in [4.69, 9.17) is 0 Å². The van der Waals surface area contributed by atoms with Crippen LogP contribution in [-0.2, 0) is 4.79 Å². The third-order valence-corrected chi connectivity index (χ3v) is 5.72. The van der Waals surface area contributed by atoms with Gasteiger partial charge in [0.25, 0.3) is 4.96 Å². The molecule has 1 amide bonds. The highest BCUT2D eigenvalue weighted by Gasteiger charge is 2.33. The van der Waals surface area contributed by atoms with Crippen LogP contribution >= 0.6 is 11.3 Å². The Morgan fingerprint density at radius 3 is 2.83 bits per heavy atom. The Morgan fingerprint density at radius 1 is 1.33 bits per heavy atom. The number of amides is 1. The predicted molar refractivity (Wildman–Crippen MR) is 90.5 cm³/mol. The number of fused-ring (bicyclic) bond motifs is 1. The normalized spacial score (nSPS) is 19.6. The van der Waals surface area contributed by atoms with Gasteiger partial charge in [0.15, 0.2) is 0 Å². The number of nitro groups is 1. The van der Waals surface area contributed by atoms with Crippen LogP contribution in [0.3, 0.4) is 0 Å². The lowest BCUT2D eigenvalue weighted by atomic mass is 10.1. The van der Waals surface area contributed by atoms with Crippen molar-refractivity contribution in [2.24, 2.45) is 5.92 Å². The van der Waals surface area contributed by atoms with Gasteiger partial charge in [0, 0.05) is 25.0 Å². The van der Waals surface area contributed by atoms with E-state index in [1.54, 1.807) is 16.5 Å². The summed E-state index contributed by atoms with van der Waals surface area (Å²) < 4.78 is 1.48. The molecule has 0 aromatic carbocycles. The Morgan fingerprint density at radius 2 is 2.12 bits per heavy atom. The smallest absolute Gasteiger partial charge is 0.358 e. The number of aromatic nitrogens is 2. The number of nitrogens with zero attached hydrogens (tertiary/aromatic N) is 5. The van der Waals surface area contributed by atoms with E-state index in [0.717, 1.165) is 6.54 Å². The van der Waals surface area contributed by atoms with E-state index in [0.29, 0.717) is 29.8 Å². The number of carbonyl (C=O) groups excluding carboxylic acids is 1. The summed E-state index contributed by atoms with van der Waals surface area (Å²) in [5.74, 6) is 0.913. The fraction of sp³-hybridized carbons (Fsp3) is 0.600. The minimum atomic E-state index is -0.419. The number of anilines is 1. The molecule has 8 nitrogen and oxygen atoms in total. The first kappa shape index (κ1) is 15.4. The zero-order valence-corrected chi connectivity index (χ0v) is 14.1. The molecule has 1 aliphatic heterocycles. The molecule has 2 fully saturated rings. The summed E-state index contributed by atoms with van der Waals surface area (Å²) in [6.07, 6.45) is 6.58. The molecule has 9 heteroatoms. The molecule has 1 saturated heterocycles. The number of carbonyl (C=O) groups is 1. The zero-order valence-electron chi connectivity index (χ0n) is 13.3. The Hall–Kier alpha value is -2.16. The summed E-state index contributed by atoms with van der Waals surface area (Å²) in [7, 11) is 0. The van der Waals surface area contributed by atoms with Crippen LogP contribution in [0.25, 0.3) is 4.96 Å². The molecule has 2 aromatic rings. The van der Waals surface area contributed by atoms with Crippen molar-refractivity contribution in [3.8, 4) is 0 Å². The number of imidazole rings is 1. The fourth-order valence-corrected chi connectivity index (χ4v) is 4.44. The van der Waals surface area contributed by atoms with E-state index in [1.807, 2.05) is 4.90 Å². The van der Waals surface area contributed by atoms with E-state index in [9.17, 15) is 14.9 Å². The van der Waals surface area contributed by atoms with Crippen molar-refractivity contribution >= 4 is 33.8 Å². The van der Waals surface area contributed by atoms with Gasteiger partial charge in [-0.2, -0.15) is 9.38 Å². The summed E-state index contributed by atoms with van der Waals surface area (Å²) in [5.41, 5.74) is 0. The van der Waals surface area contributed by atoms with Crippen LogP contribution in [0.4, 0.5) is 11.6 Å². The molecule has 0 N–H and O–H groups in total. The fourth-order valence-electron chi connectivity index (χ4n) is 3.73. The molecule has 0 unspecified atom stereocenters. The minimum Gasteiger partial charge on any atom is -0.358 e. The van der Waals surface area contributed by atoms with Gasteiger partial charge in [-0.3, -0.25) is 4.79 Å². The highest BCUT2D eigenvalue weighted by atomic mass is 32.1. The number of hydrogen-bond acceptors (Lipinski definition) is 6. The standard InChI is InChI=1S/C15H19N5O3S/c21-12-10-18(6-5-17(12)9-11-3-1-2-4-11)13-14(20(22)23)19-7-8-24-15(19)16-13/h7-8,11H,1-6,9-10H2. The van der Waals surface area contributed by atoms with E-state index >= 15 is 0 Å². The zero-order chi connectivity index (χ0) is 16.7. The molecule has 0 atom stereocenters. The summed E-state index contributed by atoms with van der Waals surface area (Å²) in [6.45, 7) is 2.19. The number of hydrogen-bond donors (Lipinski definition) is 0. The van der Waals surface area contributed by atoms with Crippen molar-refractivity contribution < 1.29 is 9.72 Å². The molecular formula is C15H19N5O3S. The first-order valence-corrected chi connectivity index (χ1v) is 9.14. The van der Waals surface area contributed by atoms with Crippen molar-refractivity contribution in [2.75, 3.05) is 31.1 Å². The molecule has 1 saturated carbocycles. The Balaban J connectivity index is 1.52. The van der Waals surface area contributed by atoms with Crippen molar-refractivity contribution in [1.29, 1.82) is 0 Å². The molecule has 24 heavy (non-hydrogen) atoms. The Bertz CT molecular complexity index is 779. The lowest BCUT2D eigenvalue weighted by molar-refractivity contribution is -0.389. The second-order valence-corrected chi connectivity index (χ2v) is 7.36. The Kier molecular flexibility index (Phi) is 3.87. The number of rotatable bonds is 4. The van der Waals surface area contributed by atoms with E-state index in [-0.39, 0.29) is 18.3 Å². The largest absolute Gasteiger partial charge is 0.373 e. The summed E-state index contributed by atoms with van der Waals surface area (Å²) in [5, 5.41) is 13.2. The van der Waals surface area contributed by atoms with Crippen LogP contribution in [-0.4, -0.2) is 51.3 Å². The predicted octanol–water partition coefficient (Wildman–Crippen LogP) is 2.14. The second-order valence-electron chi connectivity index (χ2n) is 6.48. The quantitative estimate of drug-likeness (QED) is 0.624. The molecule has 2 aliphatic rings. The third kappa shape index (κ3) is 2.62. The molecule has 2 aromatic heterocycles. The van der Waals surface area contributed by atoms with Crippen molar-refractivity contribution in [3.05, 3.63) is 21.7 Å². The number of thiazole rings is 1. The maximum atomic E-state index is 12.5. The number of piperazine rings is 1. The molecule has 0 spiro atoms. The second kappa shape index (κ2) is 6.04. The summed E-state index contributed by atoms with van der Waals surface area (Å²) in [4.78, 5) is 32.1. The van der Waals surface area contributed by atoms with Crippen LogP contribution in [0.15, 0.2) is 11.6 Å². The molecule has 1 aliphatic carbocycles. The van der Waals surface area contributed by atoms with Crippen LogP contribution < -0.4 is 4.90 Å². The average molecular weight is 349 g/mol. The summed E-state index contributed by atoms with van der Waals surface area (Å²) >= 11 is 1.35. The first-order valence-electron chi connectivity index (χ1n) is 8.26. The lowest BCUT2D eigenvalue weighted by Gasteiger charge is -2.35. The lowest BCUT2D eigenvalue weighted by Crippen LogP contribution is -2.51. The van der Waals surface area contributed by atoms with Crippen molar-refractivity contribution in [2.45, 2.75) is 25.7 Å². The first-order chi connectivity index (χ1) is 11.6. The maximum absolute atomic E-state index is 12.5. The summed E-state index contributed by atoms with van der Waals surface area (Å²) in [6, 6.07) is 0. The molecule has 3 heterocycles. The van der Waals surface area contributed by atoms with Crippen LogP contribution in [0.2, 0.25) is 0 Å². The van der Waals surface area contributed by atoms with Crippen molar-refractivity contribution in [3.63, 3.8) is 0 Å². The van der Waals surface area contributed by atoms with Gasteiger partial charge in [0.1, 0.15) is 6.20 Å². The van der Waals surface area contributed by atoms with E-state index < -0.39 is 4.92 Å². The van der Waals surface area contributed by atoms with Gasteiger partial charge in [0.2, 0.25) is 11.7 Å². The van der Waals surface area contributed by atoms with Crippen LogP contribution in [0.5, 0.6) is 0 Å². The van der Waals surface area contributed by atoms with Gasteiger partial charge in [-0.25, -0.2) is 0 Å². The average Bonchev–Trinajstić information content (AvgIpc) is 3.24. The Labute approximate surface area is 142 Å². The van der Waals surface area contributed by atoms with Gasteiger partial charge < -0.3 is 19.9 Å². The molecule has 0 radical (unpaired) electrons. The van der Waals surface area contributed by atoms with Gasteiger partial charge >= 0.3 is 5.82 Å². The molecule has 4 rings (SSSR count). The third-order valence-electron chi connectivity index (χ3n) is 4.96. The molecular weight excluding hydrogens is 330 g/mol. The van der Waals surface area contributed by atoms with Gasteiger partial charge in [-0.05, 0) is 23.7 Å². The molecule has 128 valence electrons. The highest BCUT2D eigenvalue weighted by molar-refractivity contribution is 7.15. The molecule has 0 bridgehead atoms. The van der Waals surface area contributed by atoms with Gasteiger partial charge in [-0.1, -0.05) is 24.2 Å². The van der Waals surface area contributed by atoms with E-state index in [2.05, 4.69) is 4.98 Å². The van der Waals surface area contributed by atoms with Crippen LogP contribution in [0.1, 0.15) is 25.7 Å². The van der Waals surface area contributed by atoms with Gasteiger partial charge in [-0.15, -0.1) is 0 Å². The minimum absolute atomic E-state index is 0.0406. The monoisotopic (exact) mass is 349 g/mol. The van der Waals surface area contributed by atoms with Crippen molar-refractivity contribution in [1.82, 2.24) is 14.3 Å². The van der Waals surface area contributed by atoms with Crippen LogP contribution in [0, 0.1) is 16.0 Å². The van der Waals surface area contributed by atoms with E-state index in [1.165, 1.54) is 41.4 Å². The topological polar surface area (TPSA) is 84.0 Å². The highest BCUT2D eigenvalue weighted by Crippen LogP contribution is 2.32. The van der Waals surface area contributed by atoms with Gasteiger partial charge in [0.05, 0.1) is 6.54 Å². The maximum Gasteiger partial charge on any atom is 0.373 e.